The Balaban J connectivity index is 1.79. The third-order valence-corrected chi connectivity index (χ3v) is 10.2. The Bertz CT molecular complexity index is 1630. The summed E-state index contributed by atoms with van der Waals surface area (Å²) in [7, 11) is -7.72. The molecule has 33 heavy (non-hydrogen) atoms. The predicted octanol–water partition coefficient (Wildman–Crippen LogP) is 4.91. The number of imidazole rings is 1. The van der Waals surface area contributed by atoms with Crippen molar-refractivity contribution in [2.24, 2.45) is 0 Å². The van der Waals surface area contributed by atoms with Gasteiger partial charge in [0.25, 0.3) is 20.0 Å². The van der Waals surface area contributed by atoms with Gasteiger partial charge in [-0.3, -0.25) is 4.72 Å². The third-order valence-electron chi connectivity index (χ3n) is 5.60. The highest BCUT2D eigenvalue weighted by Gasteiger charge is 2.25. The van der Waals surface area contributed by atoms with Crippen LogP contribution in [0.4, 0.5) is 5.69 Å². The number of halogens is 1. The fourth-order valence-corrected chi connectivity index (χ4v) is 7.53. The van der Waals surface area contributed by atoms with E-state index in [2.05, 4.69) is 32.3 Å². The number of fused-ring (bicyclic) bond motifs is 1. The summed E-state index contributed by atoms with van der Waals surface area (Å²) >= 11 is 2.09. The van der Waals surface area contributed by atoms with Gasteiger partial charge in [0.1, 0.15) is 5.82 Å². The van der Waals surface area contributed by atoms with E-state index in [0.717, 1.165) is 9.13 Å². The molecule has 1 aromatic heterocycles. The quantitative estimate of drug-likeness (QED) is 0.331. The minimum Gasteiger partial charge on any atom is -0.280 e. The maximum absolute atomic E-state index is 13.5. The van der Waals surface area contributed by atoms with Crippen LogP contribution in [0.1, 0.15) is 22.5 Å². The van der Waals surface area contributed by atoms with Crippen LogP contribution in [0.5, 0.6) is 0 Å². The van der Waals surface area contributed by atoms with Crippen LogP contribution in [0.3, 0.4) is 0 Å². The van der Waals surface area contributed by atoms with Crippen molar-refractivity contribution in [3.05, 3.63) is 80.7 Å². The molecule has 0 saturated heterocycles. The van der Waals surface area contributed by atoms with E-state index in [1.807, 2.05) is 19.1 Å². The molecule has 10 heteroatoms. The van der Waals surface area contributed by atoms with Crippen molar-refractivity contribution >= 4 is 59.4 Å². The van der Waals surface area contributed by atoms with Crippen molar-refractivity contribution < 1.29 is 16.8 Å². The Morgan fingerprint density at radius 3 is 2.24 bits per heavy atom. The van der Waals surface area contributed by atoms with Crippen LogP contribution in [0.2, 0.25) is 0 Å². The molecule has 0 aliphatic rings. The number of benzene rings is 3. The van der Waals surface area contributed by atoms with Gasteiger partial charge in [0, 0.05) is 3.57 Å². The molecule has 172 valence electrons. The Morgan fingerprint density at radius 2 is 1.52 bits per heavy atom. The molecule has 0 amide bonds. The second kappa shape index (κ2) is 8.41. The number of hydrogen-bond donors (Lipinski definition) is 1. The molecule has 0 radical (unpaired) electrons. The molecule has 1 N–H and O–H groups in total. The lowest BCUT2D eigenvalue weighted by Crippen LogP contribution is -2.16. The van der Waals surface area contributed by atoms with Crippen LogP contribution in [-0.2, 0) is 20.0 Å². The second-order valence-electron chi connectivity index (χ2n) is 7.80. The monoisotopic (exact) mass is 595 g/mol. The first-order valence-electron chi connectivity index (χ1n) is 10.0. The van der Waals surface area contributed by atoms with Crippen molar-refractivity contribution in [2.75, 3.05) is 4.72 Å². The summed E-state index contributed by atoms with van der Waals surface area (Å²) < 4.78 is 57.5. The zero-order valence-electron chi connectivity index (χ0n) is 18.4. The minimum atomic E-state index is -3.89. The lowest BCUT2D eigenvalue weighted by Gasteiger charge is -2.13. The zero-order valence-corrected chi connectivity index (χ0v) is 22.2. The highest BCUT2D eigenvalue weighted by Crippen LogP contribution is 2.29. The molecular formula is C23H22IN3O4S2. The van der Waals surface area contributed by atoms with Crippen molar-refractivity contribution in [3.63, 3.8) is 0 Å². The van der Waals surface area contributed by atoms with Crippen LogP contribution >= 0.6 is 22.6 Å². The molecule has 0 aliphatic heterocycles. The summed E-state index contributed by atoms with van der Waals surface area (Å²) in [4.78, 5) is 4.80. The van der Waals surface area contributed by atoms with Gasteiger partial charge >= 0.3 is 0 Å². The number of hydrogen-bond acceptors (Lipinski definition) is 5. The zero-order chi connectivity index (χ0) is 24.1. The molecule has 4 aromatic rings. The number of nitrogens with one attached hydrogen (secondary N) is 1. The van der Waals surface area contributed by atoms with E-state index in [1.54, 1.807) is 57.2 Å². The summed E-state index contributed by atoms with van der Waals surface area (Å²) in [6.45, 7) is 7.00. The van der Waals surface area contributed by atoms with Crippen LogP contribution < -0.4 is 4.72 Å². The molecule has 0 spiro atoms. The van der Waals surface area contributed by atoms with E-state index < -0.39 is 20.0 Å². The molecule has 0 saturated carbocycles. The first-order chi connectivity index (χ1) is 15.4. The van der Waals surface area contributed by atoms with Crippen molar-refractivity contribution in [1.29, 1.82) is 0 Å². The molecular weight excluding hydrogens is 573 g/mol. The van der Waals surface area contributed by atoms with Crippen LogP contribution in [0.25, 0.3) is 11.0 Å². The van der Waals surface area contributed by atoms with Gasteiger partial charge in [-0.25, -0.2) is 25.8 Å². The van der Waals surface area contributed by atoms with Crippen molar-refractivity contribution in [2.45, 2.75) is 37.5 Å². The molecule has 1 heterocycles. The highest BCUT2D eigenvalue weighted by molar-refractivity contribution is 14.1. The first kappa shape index (κ1) is 23.7. The molecule has 4 rings (SSSR count). The Morgan fingerprint density at radius 1 is 0.848 bits per heavy atom. The van der Waals surface area contributed by atoms with Crippen molar-refractivity contribution in [1.82, 2.24) is 8.96 Å². The summed E-state index contributed by atoms with van der Waals surface area (Å²) in [6, 6.07) is 14.9. The fraction of sp³-hybridized carbons (Fsp3) is 0.174. The molecule has 3 aromatic carbocycles. The van der Waals surface area contributed by atoms with Gasteiger partial charge in [-0.15, -0.1) is 0 Å². The summed E-state index contributed by atoms with van der Waals surface area (Å²) in [6.07, 6.45) is 0. The van der Waals surface area contributed by atoms with Gasteiger partial charge in [0.05, 0.1) is 26.5 Å². The van der Waals surface area contributed by atoms with Gasteiger partial charge in [-0.2, -0.15) is 0 Å². The largest absolute Gasteiger partial charge is 0.280 e. The number of anilines is 1. The fourth-order valence-electron chi connectivity index (χ4n) is 3.74. The molecule has 0 bridgehead atoms. The van der Waals surface area contributed by atoms with E-state index in [0.29, 0.717) is 33.7 Å². The lowest BCUT2D eigenvalue weighted by molar-refractivity contribution is 0.586. The average molecular weight is 595 g/mol. The predicted molar refractivity (Wildman–Crippen MR) is 138 cm³/mol. The van der Waals surface area contributed by atoms with E-state index in [1.165, 1.54) is 10.0 Å². The summed E-state index contributed by atoms with van der Waals surface area (Å²) in [5, 5.41) is 0. The van der Waals surface area contributed by atoms with Gasteiger partial charge < -0.3 is 0 Å². The van der Waals surface area contributed by atoms with Gasteiger partial charge in [-0.1, -0.05) is 18.2 Å². The standard InChI is InChI=1S/C23H22IN3O4S2/c1-14-7-5-10-23(15(14)2)33(30,31)27-17(4)25-20-13-18(11-12-21(20)27)26-32(28,29)22-9-6-8-19(24)16(22)3/h5-13,26H,1-4H3. The SMILES string of the molecule is Cc1cccc(S(=O)(=O)n2c(C)nc3cc(NS(=O)(=O)c4cccc(I)c4C)ccc32)c1C. The number of rotatable bonds is 5. The number of aromatic nitrogens is 2. The molecule has 0 unspecified atom stereocenters. The smallest absolute Gasteiger partial charge is 0.269 e. The van der Waals surface area contributed by atoms with E-state index >= 15 is 0 Å². The molecule has 0 fully saturated rings. The maximum atomic E-state index is 13.5. The number of nitrogens with zero attached hydrogens (tertiary/aromatic N) is 2. The highest BCUT2D eigenvalue weighted by atomic mass is 127. The molecule has 7 nitrogen and oxygen atoms in total. The molecule has 0 aliphatic carbocycles. The Kier molecular flexibility index (Phi) is 6.04. The minimum absolute atomic E-state index is 0.189. The topological polar surface area (TPSA) is 98.1 Å². The second-order valence-corrected chi connectivity index (χ2v) is 12.4. The van der Waals surface area contributed by atoms with Gasteiger partial charge in [-0.05, 0) is 103 Å². The van der Waals surface area contributed by atoms with Crippen LogP contribution in [0.15, 0.2) is 64.4 Å². The Hall–Kier alpha value is -2.44. The van der Waals surface area contributed by atoms with Gasteiger partial charge in [0.15, 0.2) is 0 Å². The summed E-state index contributed by atoms with van der Waals surface area (Å²) in [5.74, 6) is 0.291. The number of aryl methyl sites for hydroxylation is 2. The van der Waals surface area contributed by atoms with E-state index in [4.69, 9.17) is 0 Å². The van der Waals surface area contributed by atoms with Crippen molar-refractivity contribution in [3.8, 4) is 0 Å². The maximum Gasteiger partial charge on any atom is 0.269 e. The Labute approximate surface area is 207 Å². The van der Waals surface area contributed by atoms with Gasteiger partial charge in [0.2, 0.25) is 0 Å². The third kappa shape index (κ3) is 4.15. The van der Waals surface area contributed by atoms with E-state index in [9.17, 15) is 16.8 Å². The van der Waals surface area contributed by atoms with Crippen LogP contribution in [0, 0.1) is 31.3 Å². The average Bonchev–Trinajstić information content (AvgIpc) is 3.07. The van der Waals surface area contributed by atoms with E-state index in [-0.39, 0.29) is 9.79 Å². The normalized spacial score (nSPS) is 12.3. The first-order valence-corrected chi connectivity index (χ1v) is 14.0. The molecule has 0 atom stereocenters. The number of sulfonamides is 1. The summed E-state index contributed by atoms with van der Waals surface area (Å²) in [5.41, 5.74) is 3.26. The lowest BCUT2D eigenvalue weighted by atomic mass is 10.1. The van der Waals surface area contributed by atoms with Crippen LogP contribution in [-0.4, -0.2) is 25.8 Å².